The van der Waals surface area contributed by atoms with Crippen molar-refractivity contribution in [2.75, 3.05) is 31.1 Å². The van der Waals surface area contributed by atoms with Crippen LogP contribution in [0.5, 0.6) is 11.5 Å². The Hall–Kier alpha value is -2.41. The summed E-state index contributed by atoms with van der Waals surface area (Å²) in [7, 11) is 0. The van der Waals surface area contributed by atoms with Gasteiger partial charge in [-0.05, 0) is 18.2 Å². The zero-order valence-electron chi connectivity index (χ0n) is 17.8. The summed E-state index contributed by atoms with van der Waals surface area (Å²) in [5.41, 5.74) is 2.05. The fourth-order valence-corrected chi connectivity index (χ4v) is 4.75. The number of amides is 1. The molecule has 1 saturated heterocycles. The third kappa shape index (κ3) is 4.67. The van der Waals surface area contributed by atoms with E-state index in [1.165, 1.54) is 0 Å². The Morgan fingerprint density at radius 2 is 2.17 bits per heavy atom. The minimum absolute atomic E-state index is 0.0314. The van der Waals surface area contributed by atoms with Gasteiger partial charge in [-0.2, -0.15) is 0 Å². The van der Waals surface area contributed by atoms with Crippen LogP contribution in [-0.4, -0.2) is 53.4 Å². The van der Waals surface area contributed by atoms with Crippen LogP contribution in [0.3, 0.4) is 0 Å². The second-order valence-corrected chi connectivity index (χ2v) is 9.55. The second kappa shape index (κ2) is 9.16. The molecule has 1 aromatic carbocycles. The van der Waals surface area contributed by atoms with Gasteiger partial charge in [-0.15, -0.1) is 11.8 Å². The van der Waals surface area contributed by atoms with Crippen molar-refractivity contribution in [3.8, 4) is 11.5 Å². The molecular formula is C23H29N3O3S. The topological polar surface area (TPSA) is 54.9 Å². The first-order valence-electron chi connectivity index (χ1n) is 10.6. The number of rotatable bonds is 6. The zero-order chi connectivity index (χ0) is 21.1. The number of hydrogen-bond donors (Lipinski definition) is 0. The van der Waals surface area contributed by atoms with Crippen LogP contribution in [0, 0.1) is 0 Å². The summed E-state index contributed by atoms with van der Waals surface area (Å²) in [5, 5.41) is 0.504. The van der Waals surface area contributed by atoms with Gasteiger partial charge in [-0.3, -0.25) is 9.78 Å². The van der Waals surface area contributed by atoms with Crippen LogP contribution < -0.4 is 14.4 Å². The van der Waals surface area contributed by atoms with E-state index in [1.807, 2.05) is 54.2 Å². The van der Waals surface area contributed by atoms with Crippen molar-refractivity contribution in [3.63, 3.8) is 0 Å². The molecule has 0 aliphatic carbocycles. The van der Waals surface area contributed by atoms with Crippen LogP contribution in [0.2, 0.25) is 0 Å². The van der Waals surface area contributed by atoms with E-state index < -0.39 is 0 Å². The van der Waals surface area contributed by atoms with Crippen molar-refractivity contribution in [2.45, 2.75) is 49.9 Å². The number of hydrogen-bond acceptors (Lipinski definition) is 6. The highest BCUT2D eigenvalue weighted by molar-refractivity contribution is 7.99. The Labute approximate surface area is 182 Å². The van der Waals surface area contributed by atoms with Crippen molar-refractivity contribution in [3.05, 3.63) is 36.7 Å². The Bertz CT molecular complexity index is 905. The Kier molecular flexibility index (Phi) is 6.37. The molecule has 2 aliphatic rings. The number of anilines is 2. The van der Waals surface area contributed by atoms with Gasteiger partial charge in [0.1, 0.15) is 24.2 Å². The summed E-state index contributed by atoms with van der Waals surface area (Å²) in [6, 6.07) is 8.16. The van der Waals surface area contributed by atoms with E-state index in [1.54, 1.807) is 0 Å². The molecule has 1 unspecified atom stereocenters. The van der Waals surface area contributed by atoms with Crippen molar-refractivity contribution in [1.29, 1.82) is 0 Å². The maximum atomic E-state index is 11.9. The highest BCUT2D eigenvalue weighted by Gasteiger charge is 2.27. The first kappa shape index (κ1) is 20.8. The molecule has 0 N–H and O–H groups in total. The van der Waals surface area contributed by atoms with Crippen LogP contribution in [-0.2, 0) is 4.79 Å². The monoisotopic (exact) mass is 427 g/mol. The molecule has 1 atom stereocenters. The SMILES string of the molecule is CCC(=O)N1CCC(Oc2ccc3c(c2)N(c2cncc(SC(C)C)c2)CCO3)C1. The van der Waals surface area contributed by atoms with E-state index in [2.05, 4.69) is 29.8 Å². The third-order valence-electron chi connectivity index (χ3n) is 5.28. The molecular weight excluding hydrogens is 398 g/mol. The van der Waals surface area contributed by atoms with Crippen LogP contribution in [0.4, 0.5) is 11.4 Å². The van der Waals surface area contributed by atoms with Crippen molar-refractivity contribution in [1.82, 2.24) is 9.88 Å². The van der Waals surface area contributed by atoms with Gasteiger partial charge in [-0.1, -0.05) is 20.8 Å². The number of fused-ring (bicyclic) bond motifs is 1. The number of carbonyl (C=O) groups is 1. The van der Waals surface area contributed by atoms with E-state index in [9.17, 15) is 4.79 Å². The average molecular weight is 428 g/mol. The van der Waals surface area contributed by atoms with Gasteiger partial charge in [0.15, 0.2) is 0 Å². The molecule has 1 fully saturated rings. The average Bonchev–Trinajstić information content (AvgIpc) is 3.21. The van der Waals surface area contributed by atoms with Gasteiger partial charge in [0, 0.05) is 41.8 Å². The van der Waals surface area contributed by atoms with Gasteiger partial charge in [0.2, 0.25) is 5.91 Å². The summed E-state index contributed by atoms with van der Waals surface area (Å²) < 4.78 is 12.1. The van der Waals surface area contributed by atoms with E-state index in [0.717, 1.165) is 47.3 Å². The fourth-order valence-electron chi connectivity index (χ4n) is 3.90. The highest BCUT2D eigenvalue weighted by Crippen LogP contribution is 2.40. The summed E-state index contributed by atoms with van der Waals surface area (Å²) in [6.45, 7) is 9.08. The number of thioether (sulfide) groups is 1. The molecule has 4 rings (SSSR count). The number of likely N-dealkylation sites (tertiary alicyclic amines) is 1. The third-order valence-corrected chi connectivity index (χ3v) is 6.25. The minimum Gasteiger partial charge on any atom is -0.490 e. The molecule has 0 spiro atoms. The lowest BCUT2D eigenvalue weighted by atomic mass is 10.2. The van der Waals surface area contributed by atoms with E-state index >= 15 is 0 Å². The molecule has 7 heteroatoms. The molecule has 0 radical (unpaired) electrons. The molecule has 0 bridgehead atoms. The first-order valence-corrected chi connectivity index (χ1v) is 11.5. The predicted octanol–water partition coefficient (Wildman–Crippen LogP) is 4.50. The molecule has 160 valence electrons. The van der Waals surface area contributed by atoms with Crippen LogP contribution in [0.15, 0.2) is 41.6 Å². The Balaban J connectivity index is 1.53. The van der Waals surface area contributed by atoms with E-state index in [-0.39, 0.29) is 12.0 Å². The van der Waals surface area contributed by atoms with Gasteiger partial charge < -0.3 is 19.3 Å². The van der Waals surface area contributed by atoms with E-state index in [4.69, 9.17) is 9.47 Å². The standard InChI is InChI=1S/C23H29N3O3S/c1-4-23(27)25-8-7-19(15-25)29-18-5-6-22-21(12-18)26(9-10-28-22)17-11-20(14-24-13-17)30-16(2)3/h5-6,11-14,16,19H,4,7-10,15H2,1-3H3. The fraction of sp³-hybridized carbons (Fsp3) is 0.478. The number of ether oxygens (including phenoxy) is 2. The van der Waals surface area contributed by atoms with Crippen LogP contribution in [0.1, 0.15) is 33.6 Å². The molecule has 1 aromatic heterocycles. The van der Waals surface area contributed by atoms with Crippen LogP contribution >= 0.6 is 11.8 Å². The van der Waals surface area contributed by atoms with Gasteiger partial charge in [0.05, 0.1) is 30.7 Å². The van der Waals surface area contributed by atoms with Gasteiger partial charge in [-0.25, -0.2) is 0 Å². The smallest absolute Gasteiger partial charge is 0.222 e. The molecule has 6 nitrogen and oxygen atoms in total. The summed E-state index contributed by atoms with van der Waals surface area (Å²) in [6.07, 6.45) is 5.25. The second-order valence-electron chi connectivity index (χ2n) is 7.90. The van der Waals surface area contributed by atoms with Gasteiger partial charge in [0.25, 0.3) is 0 Å². The number of carbonyl (C=O) groups excluding carboxylic acids is 1. The highest BCUT2D eigenvalue weighted by atomic mass is 32.2. The van der Waals surface area contributed by atoms with Crippen molar-refractivity contribution >= 4 is 29.0 Å². The molecule has 3 heterocycles. The molecule has 30 heavy (non-hydrogen) atoms. The summed E-state index contributed by atoms with van der Waals surface area (Å²) in [4.78, 5) is 21.7. The molecule has 1 amide bonds. The number of pyridine rings is 1. The van der Waals surface area contributed by atoms with Gasteiger partial charge >= 0.3 is 0 Å². The Morgan fingerprint density at radius 1 is 1.30 bits per heavy atom. The quantitative estimate of drug-likeness (QED) is 0.633. The lowest BCUT2D eigenvalue weighted by molar-refractivity contribution is -0.130. The maximum absolute atomic E-state index is 11.9. The first-order chi connectivity index (χ1) is 14.5. The Morgan fingerprint density at radius 3 is 2.97 bits per heavy atom. The number of aromatic nitrogens is 1. The zero-order valence-corrected chi connectivity index (χ0v) is 18.7. The molecule has 0 saturated carbocycles. The predicted molar refractivity (Wildman–Crippen MR) is 120 cm³/mol. The molecule has 2 aliphatic heterocycles. The summed E-state index contributed by atoms with van der Waals surface area (Å²) >= 11 is 1.81. The maximum Gasteiger partial charge on any atom is 0.222 e. The summed E-state index contributed by atoms with van der Waals surface area (Å²) in [5.74, 6) is 1.85. The largest absolute Gasteiger partial charge is 0.490 e. The molecule has 2 aromatic rings. The lowest BCUT2D eigenvalue weighted by Gasteiger charge is -2.31. The minimum atomic E-state index is 0.0314. The normalized spacial score (nSPS) is 18.3. The lowest BCUT2D eigenvalue weighted by Crippen LogP contribution is -2.30. The van der Waals surface area contributed by atoms with E-state index in [0.29, 0.717) is 24.8 Å². The van der Waals surface area contributed by atoms with Crippen molar-refractivity contribution in [2.24, 2.45) is 0 Å². The van der Waals surface area contributed by atoms with Crippen LogP contribution in [0.25, 0.3) is 0 Å². The number of benzene rings is 1. The van der Waals surface area contributed by atoms with Crippen molar-refractivity contribution < 1.29 is 14.3 Å². The number of nitrogens with zero attached hydrogens (tertiary/aromatic N) is 3.